The topological polar surface area (TPSA) is 75.3 Å². The first-order valence-corrected chi connectivity index (χ1v) is 8.18. The number of carbonyl (C=O) groups excluding carboxylic acids is 1. The zero-order valence-electron chi connectivity index (χ0n) is 12.1. The molecule has 0 fully saturated rings. The van der Waals surface area contributed by atoms with E-state index in [-0.39, 0.29) is 22.7 Å². The van der Waals surface area contributed by atoms with Crippen molar-refractivity contribution in [1.29, 1.82) is 0 Å². The van der Waals surface area contributed by atoms with Crippen molar-refractivity contribution < 1.29 is 22.0 Å². The monoisotopic (exact) mass is 340 g/mol. The molecule has 0 saturated carbocycles. The molecule has 8 heteroatoms. The van der Waals surface area contributed by atoms with Crippen molar-refractivity contribution in [2.45, 2.75) is 11.8 Å². The second-order valence-electron chi connectivity index (χ2n) is 4.58. The molecule has 2 N–H and O–H groups in total. The van der Waals surface area contributed by atoms with E-state index in [1.807, 2.05) is 0 Å². The van der Waals surface area contributed by atoms with Crippen LogP contribution >= 0.6 is 0 Å². The van der Waals surface area contributed by atoms with Crippen LogP contribution in [-0.2, 0) is 10.0 Å². The average molecular weight is 340 g/mol. The Morgan fingerprint density at radius 3 is 2.39 bits per heavy atom. The van der Waals surface area contributed by atoms with Crippen LogP contribution in [0.15, 0.2) is 47.4 Å². The molecule has 0 heterocycles. The van der Waals surface area contributed by atoms with Crippen LogP contribution in [0.3, 0.4) is 0 Å². The minimum absolute atomic E-state index is 0.162. The summed E-state index contributed by atoms with van der Waals surface area (Å²) in [5.41, 5.74) is -0.482. The lowest BCUT2D eigenvalue weighted by molar-refractivity contribution is 0.102. The molecular weight excluding hydrogens is 326 g/mol. The lowest BCUT2D eigenvalue weighted by Gasteiger charge is -2.09. The molecule has 0 saturated heterocycles. The van der Waals surface area contributed by atoms with E-state index in [0.29, 0.717) is 0 Å². The third-order valence-corrected chi connectivity index (χ3v) is 4.50. The largest absolute Gasteiger partial charge is 0.319 e. The van der Waals surface area contributed by atoms with E-state index >= 15 is 0 Å². The summed E-state index contributed by atoms with van der Waals surface area (Å²) in [7, 11) is -3.80. The second kappa shape index (κ2) is 6.84. The van der Waals surface area contributed by atoms with Gasteiger partial charge in [0.15, 0.2) is 0 Å². The smallest absolute Gasteiger partial charge is 0.258 e. The highest BCUT2D eigenvalue weighted by atomic mass is 32.2. The van der Waals surface area contributed by atoms with E-state index in [2.05, 4.69) is 10.0 Å². The standard InChI is InChI=1S/C15H14F2N2O3S/c1-2-18-23(21,22)10-7-8-14(13(17)9-10)19-15(20)11-5-3-4-6-12(11)16/h3-9,18H,2H2,1H3,(H,19,20). The number of rotatable bonds is 5. The first-order chi connectivity index (χ1) is 10.8. The third kappa shape index (κ3) is 3.91. The van der Waals surface area contributed by atoms with Crippen molar-refractivity contribution in [3.8, 4) is 0 Å². The molecule has 0 aromatic heterocycles. The molecule has 122 valence electrons. The molecule has 0 atom stereocenters. The minimum atomic E-state index is -3.80. The highest BCUT2D eigenvalue weighted by molar-refractivity contribution is 7.89. The fourth-order valence-electron chi connectivity index (χ4n) is 1.87. The van der Waals surface area contributed by atoms with Crippen molar-refractivity contribution in [3.05, 3.63) is 59.7 Å². The van der Waals surface area contributed by atoms with E-state index in [9.17, 15) is 22.0 Å². The Labute approximate surface area is 132 Å². The summed E-state index contributed by atoms with van der Waals surface area (Å²) in [5, 5.41) is 2.21. The van der Waals surface area contributed by atoms with Gasteiger partial charge in [-0.15, -0.1) is 0 Å². The van der Waals surface area contributed by atoms with Crippen LogP contribution in [0.1, 0.15) is 17.3 Å². The molecule has 1 amide bonds. The average Bonchev–Trinajstić information content (AvgIpc) is 2.49. The van der Waals surface area contributed by atoms with Crippen molar-refractivity contribution in [2.75, 3.05) is 11.9 Å². The maximum absolute atomic E-state index is 14.0. The molecule has 0 radical (unpaired) electrons. The Hall–Kier alpha value is -2.32. The third-order valence-electron chi connectivity index (χ3n) is 2.95. The van der Waals surface area contributed by atoms with Crippen LogP contribution in [0, 0.1) is 11.6 Å². The minimum Gasteiger partial charge on any atom is -0.319 e. The zero-order valence-corrected chi connectivity index (χ0v) is 13.0. The second-order valence-corrected chi connectivity index (χ2v) is 6.34. The normalized spacial score (nSPS) is 11.3. The van der Waals surface area contributed by atoms with Gasteiger partial charge in [-0.1, -0.05) is 19.1 Å². The predicted octanol–water partition coefficient (Wildman–Crippen LogP) is 2.52. The molecule has 0 aliphatic rings. The number of carbonyl (C=O) groups is 1. The van der Waals surface area contributed by atoms with E-state index in [4.69, 9.17) is 0 Å². The molecule has 0 aliphatic heterocycles. The molecule has 2 rings (SSSR count). The summed E-state index contributed by atoms with van der Waals surface area (Å²) < 4.78 is 53.3. The van der Waals surface area contributed by atoms with Gasteiger partial charge in [-0.05, 0) is 30.3 Å². The summed E-state index contributed by atoms with van der Waals surface area (Å²) in [5.74, 6) is -2.50. The van der Waals surface area contributed by atoms with Crippen LogP contribution in [0.5, 0.6) is 0 Å². The summed E-state index contributed by atoms with van der Waals surface area (Å²) in [6.07, 6.45) is 0. The summed E-state index contributed by atoms with van der Waals surface area (Å²) in [4.78, 5) is 11.7. The summed E-state index contributed by atoms with van der Waals surface area (Å²) >= 11 is 0. The Bertz CT molecular complexity index is 838. The quantitative estimate of drug-likeness (QED) is 0.878. The lowest BCUT2D eigenvalue weighted by atomic mass is 10.2. The number of anilines is 1. The fourth-order valence-corrected chi connectivity index (χ4v) is 2.93. The molecule has 5 nitrogen and oxygen atoms in total. The highest BCUT2D eigenvalue weighted by Crippen LogP contribution is 2.20. The van der Waals surface area contributed by atoms with Crippen LogP contribution in [0.2, 0.25) is 0 Å². The molecule has 0 spiro atoms. The first kappa shape index (κ1) is 17.0. The number of nitrogens with one attached hydrogen (secondary N) is 2. The van der Waals surface area contributed by atoms with E-state index < -0.39 is 27.6 Å². The Morgan fingerprint density at radius 1 is 1.09 bits per heavy atom. The number of hydrogen-bond acceptors (Lipinski definition) is 3. The van der Waals surface area contributed by atoms with Gasteiger partial charge in [0, 0.05) is 6.54 Å². The summed E-state index contributed by atoms with van der Waals surface area (Å²) in [6, 6.07) is 8.31. The van der Waals surface area contributed by atoms with Crippen LogP contribution in [-0.4, -0.2) is 20.9 Å². The maximum Gasteiger partial charge on any atom is 0.258 e. The van der Waals surface area contributed by atoms with Gasteiger partial charge in [-0.2, -0.15) is 0 Å². The Kier molecular flexibility index (Phi) is 5.07. The molecule has 2 aromatic carbocycles. The molecular formula is C15H14F2N2O3S. The number of sulfonamides is 1. The molecule has 2 aromatic rings. The number of hydrogen-bond donors (Lipinski definition) is 2. The van der Waals surface area contributed by atoms with Gasteiger partial charge >= 0.3 is 0 Å². The van der Waals surface area contributed by atoms with Gasteiger partial charge in [0.25, 0.3) is 5.91 Å². The van der Waals surface area contributed by atoms with Gasteiger partial charge in [-0.3, -0.25) is 4.79 Å². The van der Waals surface area contributed by atoms with Gasteiger partial charge in [-0.25, -0.2) is 21.9 Å². The van der Waals surface area contributed by atoms with Crippen molar-refractivity contribution in [2.24, 2.45) is 0 Å². The van der Waals surface area contributed by atoms with Crippen LogP contribution in [0.25, 0.3) is 0 Å². The van der Waals surface area contributed by atoms with Crippen molar-refractivity contribution >= 4 is 21.6 Å². The predicted molar refractivity (Wildman–Crippen MR) is 81.6 cm³/mol. The molecule has 0 bridgehead atoms. The van der Waals surface area contributed by atoms with Gasteiger partial charge in [0.1, 0.15) is 11.6 Å². The molecule has 0 aliphatic carbocycles. The van der Waals surface area contributed by atoms with Crippen molar-refractivity contribution in [1.82, 2.24) is 4.72 Å². The number of amides is 1. The Balaban J connectivity index is 2.26. The van der Waals surface area contributed by atoms with E-state index in [0.717, 1.165) is 24.3 Å². The van der Waals surface area contributed by atoms with Crippen LogP contribution < -0.4 is 10.0 Å². The zero-order chi connectivity index (χ0) is 17.0. The number of benzene rings is 2. The van der Waals surface area contributed by atoms with Gasteiger partial charge in [0.05, 0.1) is 16.1 Å². The number of halogens is 2. The SMILES string of the molecule is CCNS(=O)(=O)c1ccc(NC(=O)c2ccccc2F)c(F)c1. The highest BCUT2D eigenvalue weighted by Gasteiger charge is 2.17. The van der Waals surface area contributed by atoms with E-state index in [1.54, 1.807) is 6.92 Å². The Morgan fingerprint density at radius 2 is 1.78 bits per heavy atom. The molecule has 0 unspecified atom stereocenters. The van der Waals surface area contributed by atoms with Gasteiger partial charge in [0.2, 0.25) is 10.0 Å². The van der Waals surface area contributed by atoms with E-state index in [1.165, 1.54) is 18.2 Å². The molecule has 23 heavy (non-hydrogen) atoms. The summed E-state index contributed by atoms with van der Waals surface area (Å²) in [6.45, 7) is 1.76. The van der Waals surface area contributed by atoms with Gasteiger partial charge < -0.3 is 5.32 Å². The first-order valence-electron chi connectivity index (χ1n) is 6.70. The lowest BCUT2D eigenvalue weighted by Crippen LogP contribution is -2.23. The maximum atomic E-state index is 14.0. The van der Waals surface area contributed by atoms with Crippen LogP contribution in [0.4, 0.5) is 14.5 Å². The fraction of sp³-hybridized carbons (Fsp3) is 0.133. The van der Waals surface area contributed by atoms with Crippen molar-refractivity contribution in [3.63, 3.8) is 0 Å².